The molecular formula is C46H35NO. The number of benzene rings is 6. The SMILES string of the molecule is C=C/C=C(\c1cc2cc3ccccc3cc2o1)c1ccccc1N(/C=C/C=C(\C=C)c1ccccc1)c1ccc(-c2ccccc2)cc1. The van der Waals surface area contributed by atoms with E-state index in [4.69, 9.17) is 4.42 Å². The van der Waals surface area contributed by atoms with Gasteiger partial charge in [-0.25, -0.2) is 0 Å². The summed E-state index contributed by atoms with van der Waals surface area (Å²) in [5.74, 6) is 0.786. The molecule has 0 radical (unpaired) electrons. The van der Waals surface area contributed by atoms with Crippen LogP contribution in [-0.4, -0.2) is 0 Å². The van der Waals surface area contributed by atoms with Crippen molar-refractivity contribution in [2.45, 2.75) is 0 Å². The van der Waals surface area contributed by atoms with Gasteiger partial charge < -0.3 is 9.32 Å². The number of nitrogens with zero attached hydrogens (tertiary/aromatic N) is 1. The Hall–Kier alpha value is -6.38. The summed E-state index contributed by atoms with van der Waals surface area (Å²) >= 11 is 0. The van der Waals surface area contributed by atoms with E-state index in [-0.39, 0.29) is 0 Å². The van der Waals surface area contributed by atoms with E-state index in [9.17, 15) is 0 Å². The van der Waals surface area contributed by atoms with Crippen LogP contribution in [0.1, 0.15) is 16.9 Å². The molecule has 0 saturated carbocycles. The van der Waals surface area contributed by atoms with Gasteiger partial charge in [-0.1, -0.05) is 153 Å². The standard InChI is InChI=1S/C46H35NO/c1-3-16-43(46-33-40-31-38-21-11-12-22-39(38)32-45(40)48-46)42-24-13-14-25-44(42)47(30-15-23-34(4-2)35-17-7-5-8-18-35)41-28-26-37(27-29-41)36-19-9-6-10-20-36/h3-33H,1-2H2/b30-15+,34-23+,43-16-. The highest BCUT2D eigenvalue weighted by Crippen LogP contribution is 2.39. The zero-order chi connectivity index (χ0) is 32.7. The van der Waals surface area contributed by atoms with Gasteiger partial charge >= 0.3 is 0 Å². The van der Waals surface area contributed by atoms with Crippen LogP contribution in [0.15, 0.2) is 206 Å². The second-order valence-electron chi connectivity index (χ2n) is 11.5. The van der Waals surface area contributed by atoms with Gasteiger partial charge in [-0.3, -0.25) is 0 Å². The van der Waals surface area contributed by atoms with Crippen molar-refractivity contribution in [3.8, 4) is 11.1 Å². The Bertz CT molecular complexity index is 2250. The van der Waals surface area contributed by atoms with Crippen LogP contribution in [0.4, 0.5) is 11.4 Å². The summed E-state index contributed by atoms with van der Waals surface area (Å²) in [6.07, 6.45) is 12.0. The van der Waals surface area contributed by atoms with E-state index in [2.05, 4.69) is 164 Å². The maximum atomic E-state index is 6.55. The first kappa shape index (κ1) is 30.3. The quantitative estimate of drug-likeness (QED) is 0.142. The molecule has 0 atom stereocenters. The van der Waals surface area contributed by atoms with Gasteiger partial charge in [-0.15, -0.1) is 0 Å². The third-order valence-electron chi connectivity index (χ3n) is 8.48. The summed E-state index contributed by atoms with van der Waals surface area (Å²) in [4.78, 5) is 2.22. The molecule has 0 bridgehead atoms. The van der Waals surface area contributed by atoms with Gasteiger partial charge in [0, 0.05) is 28.4 Å². The fourth-order valence-electron chi connectivity index (χ4n) is 6.09. The summed E-state index contributed by atoms with van der Waals surface area (Å²) in [6.45, 7) is 8.14. The van der Waals surface area contributed by atoms with Crippen LogP contribution in [0, 0.1) is 0 Å². The summed E-state index contributed by atoms with van der Waals surface area (Å²) in [6, 6.07) is 52.7. The lowest BCUT2D eigenvalue weighted by molar-refractivity contribution is 0.601. The van der Waals surface area contributed by atoms with Crippen molar-refractivity contribution in [1.29, 1.82) is 0 Å². The molecule has 0 saturated heterocycles. The van der Waals surface area contributed by atoms with Crippen LogP contribution in [0.2, 0.25) is 0 Å². The number of allylic oxidation sites excluding steroid dienone is 6. The van der Waals surface area contributed by atoms with Crippen molar-refractivity contribution in [2.75, 3.05) is 4.90 Å². The highest BCUT2D eigenvalue weighted by molar-refractivity contribution is 5.98. The van der Waals surface area contributed by atoms with E-state index >= 15 is 0 Å². The van der Waals surface area contributed by atoms with Crippen molar-refractivity contribution < 1.29 is 4.42 Å². The van der Waals surface area contributed by atoms with Gasteiger partial charge in [0.25, 0.3) is 0 Å². The highest BCUT2D eigenvalue weighted by Gasteiger charge is 2.18. The maximum absolute atomic E-state index is 6.55. The van der Waals surface area contributed by atoms with Gasteiger partial charge in [0.15, 0.2) is 0 Å². The minimum atomic E-state index is 0.786. The van der Waals surface area contributed by atoms with Gasteiger partial charge in [0.1, 0.15) is 11.3 Å². The van der Waals surface area contributed by atoms with E-state index in [0.29, 0.717) is 0 Å². The number of furan rings is 1. The average molecular weight is 618 g/mol. The minimum absolute atomic E-state index is 0.786. The normalized spacial score (nSPS) is 12.1. The lowest BCUT2D eigenvalue weighted by Gasteiger charge is -2.25. The second kappa shape index (κ2) is 13.9. The van der Waals surface area contributed by atoms with Crippen LogP contribution in [0.3, 0.4) is 0 Å². The summed E-state index contributed by atoms with van der Waals surface area (Å²) in [7, 11) is 0. The molecule has 2 nitrogen and oxygen atoms in total. The van der Waals surface area contributed by atoms with Crippen molar-refractivity contribution >= 4 is 44.3 Å². The largest absolute Gasteiger partial charge is 0.456 e. The first-order valence-corrected chi connectivity index (χ1v) is 16.1. The third-order valence-corrected chi connectivity index (χ3v) is 8.48. The van der Waals surface area contributed by atoms with Crippen LogP contribution in [0.5, 0.6) is 0 Å². The predicted octanol–water partition coefficient (Wildman–Crippen LogP) is 12.8. The second-order valence-corrected chi connectivity index (χ2v) is 11.5. The predicted molar refractivity (Wildman–Crippen MR) is 205 cm³/mol. The molecule has 0 aliphatic heterocycles. The number of anilines is 2. The van der Waals surface area contributed by atoms with E-state index in [1.807, 2.05) is 42.5 Å². The van der Waals surface area contributed by atoms with Crippen molar-refractivity contribution in [3.63, 3.8) is 0 Å². The van der Waals surface area contributed by atoms with Crippen LogP contribution < -0.4 is 4.90 Å². The monoisotopic (exact) mass is 617 g/mol. The smallest absolute Gasteiger partial charge is 0.136 e. The molecule has 6 aromatic carbocycles. The molecular weight excluding hydrogens is 583 g/mol. The molecule has 230 valence electrons. The van der Waals surface area contributed by atoms with Crippen molar-refractivity contribution in [3.05, 3.63) is 218 Å². The minimum Gasteiger partial charge on any atom is -0.456 e. The molecule has 0 N–H and O–H groups in total. The summed E-state index contributed by atoms with van der Waals surface area (Å²) in [5, 5.41) is 3.40. The summed E-state index contributed by atoms with van der Waals surface area (Å²) in [5.41, 5.74) is 9.37. The highest BCUT2D eigenvalue weighted by atomic mass is 16.3. The number of hydrogen-bond donors (Lipinski definition) is 0. The zero-order valence-electron chi connectivity index (χ0n) is 26.7. The number of fused-ring (bicyclic) bond motifs is 2. The van der Waals surface area contributed by atoms with E-state index in [0.717, 1.165) is 61.3 Å². The van der Waals surface area contributed by atoms with E-state index in [1.165, 1.54) is 10.9 Å². The first-order chi connectivity index (χ1) is 23.7. The topological polar surface area (TPSA) is 16.4 Å². The fourth-order valence-corrected chi connectivity index (χ4v) is 6.09. The third kappa shape index (κ3) is 6.33. The Balaban J connectivity index is 1.34. The van der Waals surface area contributed by atoms with Crippen molar-refractivity contribution in [1.82, 2.24) is 0 Å². The molecule has 0 fully saturated rings. The van der Waals surface area contributed by atoms with Crippen molar-refractivity contribution in [2.24, 2.45) is 0 Å². The van der Waals surface area contributed by atoms with Gasteiger partial charge in [0.05, 0.1) is 5.69 Å². The Morgan fingerprint density at radius 3 is 1.96 bits per heavy atom. The fraction of sp³-hybridized carbons (Fsp3) is 0. The Labute approximate surface area is 282 Å². The molecule has 1 heterocycles. The molecule has 2 heteroatoms. The first-order valence-electron chi connectivity index (χ1n) is 16.1. The van der Waals surface area contributed by atoms with Gasteiger partial charge in [-0.05, 0) is 75.5 Å². The van der Waals surface area contributed by atoms with Crippen LogP contribution >= 0.6 is 0 Å². The Morgan fingerprint density at radius 2 is 1.23 bits per heavy atom. The van der Waals surface area contributed by atoms with Crippen LogP contribution in [0.25, 0.3) is 44.0 Å². The Morgan fingerprint density at radius 1 is 0.583 bits per heavy atom. The van der Waals surface area contributed by atoms with E-state index < -0.39 is 0 Å². The van der Waals surface area contributed by atoms with Gasteiger partial charge in [-0.2, -0.15) is 0 Å². The Kier molecular flexibility index (Phi) is 8.80. The molecule has 0 spiro atoms. The number of hydrogen-bond acceptors (Lipinski definition) is 2. The molecule has 0 aliphatic carbocycles. The van der Waals surface area contributed by atoms with E-state index in [1.54, 1.807) is 0 Å². The molecule has 0 aliphatic rings. The molecule has 48 heavy (non-hydrogen) atoms. The lowest BCUT2D eigenvalue weighted by Crippen LogP contribution is -2.11. The maximum Gasteiger partial charge on any atom is 0.136 e. The van der Waals surface area contributed by atoms with Gasteiger partial charge in [0.2, 0.25) is 0 Å². The molecule has 7 rings (SSSR count). The number of para-hydroxylation sites is 1. The van der Waals surface area contributed by atoms with Crippen LogP contribution in [-0.2, 0) is 0 Å². The molecule has 1 aromatic heterocycles. The molecule has 0 unspecified atom stereocenters. The summed E-state index contributed by atoms with van der Waals surface area (Å²) < 4.78 is 6.55. The number of rotatable bonds is 10. The average Bonchev–Trinajstić information content (AvgIpc) is 3.56. The zero-order valence-corrected chi connectivity index (χ0v) is 26.7. The molecule has 7 aromatic rings. The molecule has 0 amide bonds. The lowest BCUT2D eigenvalue weighted by atomic mass is 9.99.